The third-order valence-corrected chi connectivity index (χ3v) is 6.25. The minimum absolute atomic E-state index is 0.0154. The number of amidine groups is 1. The van der Waals surface area contributed by atoms with Crippen LogP contribution in [0.5, 0.6) is 0 Å². The van der Waals surface area contributed by atoms with Gasteiger partial charge < -0.3 is 5.32 Å². The average Bonchev–Trinajstić information content (AvgIpc) is 2.72. The Balaban J connectivity index is 1.60. The van der Waals surface area contributed by atoms with Crippen molar-refractivity contribution in [2.24, 2.45) is 32.5 Å². The minimum atomic E-state index is -0.748. The molecule has 1 aliphatic carbocycles. The first kappa shape index (κ1) is 21.3. The van der Waals surface area contributed by atoms with Crippen LogP contribution in [0.1, 0.15) is 65.4 Å². The van der Waals surface area contributed by atoms with E-state index in [0.29, 0.717) is 18.2 Å². The van der Waals surface area contributed by atoms with Crippen molar-refractivity contribution in [2.75, 3.05) is 0 Å². The number of nitrogens with one attached hydrogen (secondary N) is 1. The Morgan fingerprint density at radius 2 is 1.79 bits per heavy atom. The smallest absolute Gasteiger partial charge is 0.276 e. The van der Waals surface area contributed by atoms with E-state index < -0.39 is 6.04 Å². The molecule has 3 rings (SSSR count). The second-order valence-electron chi connectivity index (χ2n) is 9.24. The molecule has 0 aromatic heterocycles. The molecule has 2 aliphatic rings. The molecular formula is C23H32N4O2. The van der Waals surface area contributed by atoms with Gasteiger partial charge in [0.2, 0.25) is 5.91 Å². The summed E-state index contributed by atoms with van der Waals surface area (Å²) in [5.41, 5.74) is 1.05. The van der Waals surface area contributed by atoms with E-state index in [1.807, 2.05) is 37.3 Å². The summed E-state index contributed by atoms with van der Waals surface area (Å²) in [6.45, 7) is 8.76. The number of rotatable bonds is 5. The Morgan fingerprint density at radius 1 is 1.14 bits per heavy atom. The van der Waals surface area contributed by atoms with Crippen molar-refractivity contribution in [3.63, 3.8) is 0 Å². The molecule has 0 radical (unpaired) electrons. The van der Waals surface area contributed by atoms with Crippen LogP contribution in [-0.2, 0) is 9.59 Å². The third-order valence-electron chi connectivity index (χ3n) is 6.25. The zero-order chi connectivity index (χ0) is 21.0. The van der Waals surface area contributed by atoms with Gasteiger partial charge in [-0.15, -0.1) is 5.11 Å². The SMILES string of the molecule is CCC(NC(=O)C1CCC(C(C)(C)C)CC1)C1N=NC(c2ccccc2)=NC1=O. The number of carbonyl (C=O) groups excluding carboxylic acids is 2. The lowest BCUT2D eigenvalue weighted by molar-refractivity contribution is -0.128. The lowest BCUT2D eigenvalue weighted by Gasteiger charge is -2.37. The minimum Gasteiger partial charge on any atom is -0.350 e. The fourth-order valence-electron chi connectivity index (χ4n) is 4.25. The number of aliphatic imine (C=N–C) groups is 1. The standard InChI is InChI=1S/C23H32N4O2/c1-5-18(24-21(28)16-11-13-17(14-12-16)23(2,3)4)19-22(29)25-20(27-26-19)15-9-7-6-8-10-15/h6-10,16-19H,5,11-14H2,1-4H3,(H,24,28). The van der Waals surface area contributed by atoms with Gasteiger partial charge in [-0.25, -0.2) is 0 Å². The fourth-order valence-corrected chi connectivity index (χ4v) is 4.25. The van der Waals surface area contributed by atoms with E-state index in [1.165, 1.54) is 0 Å². The summed E-state index contributed by atoms with van der Waals surface area (Å²) in [6, 6.07) is 8.20. The van der Waals surface area contributed by atoms with Crippen LogP contribution in [-0.4, -0.2) is 29.7 Å². The summed E-state index contributed by atoms with van der Waals surface area (Å²) >= 11 is 0. The van der Waals surface area contributed by atoms with Crippen LogP contribution in [0, 0.1) is 17.3 Å². The molecule has 2 unspecified atom stereocenters. The molecule has 1 aromatic carbocycles. The number of azo groups is 1. The van der Waals surface area contributed by atoms with Crippen molar-refractivity contribution in [3.8, 4) is 0 Å². The summed E-state index contributed by atoms with van der Waals surface area (Å²) in [6.07, 6.45) is 4.56. The average molecular weight is 397 g/mol. The summed E-state index contributed by atoms with van der Waals surface area (Å²) in [4.78, 5) is 29.6. The molecule has 1 saturated carbocycles. The van der Waals surface area contributed by atoms with Gasteiger partial charge in [-0.3, -0.25) is 9.59 Å². The highest BCUT2D eigenvalue weighted by molar-refractivity contribution is 6.07. The molecule has 6 nitrogen and oxygen atoms in total. The predicted octanol–water partition coefficient (Wildman–Crippen LogP) is 4.54. The molecule has 6 heteroatoms. The number of hydrogen-bond acceptors (Lipinski definition) is 4. The predicted molar refractivity (Wildman–Crippen MR) is 114 cm³/mol. The first-order chi connectivity index (χ1) is 13.8. The monoisotopic (exact) mass is 396 g/mol. The van der Waals surface area contributed by atoms with E-state index in [4.69, 9.17) is 0 Å². The van der Waals surface area contributed by atoms with Gasteiger partial charge in [0.05, 0.1) is 6.04 Å². The highest BCUT2D eigenvalue weighted by atomic mass is 16.2. The summed E-state index contributed by atoms with van der Waals surface area (Å²) in [5, 5.41) is 11.4. The van der Waals surface area contributed by atoms with Gasteiger partial charge in [-0.1, -0.05) is 58.0 Å². The summed E-state index contributed by atoms with van der Waals surface area (Å²) in [7, 11) is 0. The van der Waals surface area contributed by atoms with Gasteiger partial charge in [-0.2, -0.15) is 10.1 Å². The van der Waals surface area contributed by atoms with Gasteiger partial charge in [0, 0.05) is 11.5 Å². The van der Waals surface area contributed by atoms with E-state index in [9.17, 15) is 9.59 Å². The molecule has 0 bridgehead atoms. The van der Waals surface area contributed by atoms with Crippen molar-refractivity contribution in [2.45, 2.75) is 71.9 Å². The Kier molecular flexibility index (Phi) is 6.60. The lowest BCUT2D eigenvalue weighted by atomic mass is 9.69. The molecular weight excluding hydrogens is 364 g/mol. The van der Waals surface area contributed by atoms with Crippen molar-refractivity contribution in [3.05, 3.63) is 35.9 Å². The topological polar surface area (TPSA) is 83.2 Å². The lowest BCUT2D eigenvalue weighted by Crippen LogP contribution is -2.48. The Hall–Kier alpha value is -2.37. The molecule has 0 spiro atoms. The first-order valence-electron chi connectivity index (χ1n) is 10.7. The maximum atomic E-state index is 12.8. The number of amides is 2. The van der Waals surface area contributed by atoms with Crippen LogP contribution >= 0.6 is 0 Å². The Labute approximate surface area is 173 Å². The largest absolute Gasteiger partial charge is 0.350 e. The van der Waals surface area contributed by atoms with Gasteiger partial charge in [0.15, 0.2) is 11.9 Å². The molecule has 1 fully saturated rings. The van der Waals surface area contributed by atoms with E-state index in [1.54, 1.807) is 0 Å². The molecule has 1 N–H and O–H groups in total. The van der Waals surface area contributed by atoms with Crippen LogP contribution in [0.2, 0.25) is 0 Å². The molecule has 2 atom stereocenters. The molecule has 2 amide bonds. The van der Waals surface area contributed by atoms with Gasteiger partial charge in [-0.05, 0) is 43.4 Å². The normalized spacial score (nSPS) is 26.0. The van der Waals surface area contributed by atoms with E-state index in [-0.39, 0.29) is 29.2 Å². The third kappa shape index (κ3) is 5.17. The van der Waals surface area contributed by atoms with Crippen LogP contribution in [0.15, 0.2) is 45.6 Å². The van der Waals surface area contributed by atoms with E-state index >= 15 is 0 Å². The summed E-state index contributed by atoms with van der Waals surface area (Å²) < 4.78 is 0. The van der Waals surface area contributed by atoms with Gasteiger partial charge in [0.1, 0.15) is 0 Å². The fraction of sp³-hybridized carbons (Fsp3) is 0.609. The van der Waals surface area contributed by atoms with Crippen molar-refractivity contribution >= 4 is 17.6 Å². The Bertz CT molecular complexity index is 787. The molecule has 0 saturated heterocycles. The highest BCUT2D eigenvalue weighted by Crippen LogP contribution is 2.39. The van der Waals surface area contributed by atoms with Crippen LogP contribution in [0.4, 0.5) is 0 Å². The zero-order valence-corrected chi connectivity index (χ0v) is 17.9. The maximum Gasteiger partial charge on any atom is 0.276 e. The first-order valence-corrected chi connectivity index (χ1v) is 10.7. The zero-order valence-electron chi connectivity index (χ0n) is 17.9. The molecule has 1 aromatic rings. The van der Waals surface area contributed by atoms with Crippen LogP contribution in [0.3, 0.4) is 0 Å². The van der Waals surface area contributed by atoms with E-state index in [0.717, 1.165) is 31.2 Å². The van der Waals surface area contributed by atoms with Crippen LogP contribution in [0.25, 0.3) is 0 Å². The molecule has 1 heterocycles. The molecule has 29 heavy (non-hydrogen) atoms. The number of benzene rings is 1. The van der Waals surface area contributed by atoms with Gasteiger partial charge >= 0.3 is 0 Å². The Morgan fingerprint density at radius 3 is 2.34 bits per heavy atom. The van der Waals surface area contributed by atoms with E-state index in [2.05, 4.69) is 41.3 Å². The highest BCUT2D eigenvalue weighted by Gasteiger charge is 2.36. The summed E-state index contributed by atoms with van der Waals surface area (Å²) in [5.74, 6) is 0.690. The number of carbonyl (C=O) groups is 2. The molecule has 1 aliphatic heterocycles. The van der Waals surface area contributed by atoms with Gasteiger partial charge in [0.25, 0.3) is 5.91 Å². The quantitative estimate of drug-likeness (QED) is 0.792. The van der Waals surface area contributed by atoms with Crippen molar-refractivity contribution < 1.29 is 9.59 Å². The van der Waals surface area contributed by atoms with Crippen LogP contribution < -0.4 is 5.32 Å². The van der Waals surface area contributed by atoms with Crippen molar-refractivity contribution in [1.29, 1.82) is 0 Å². The maximum absolute atomic E-state index is 12.8. The second-order valence-corrected chi connectivity index (χ2v) is 9.24. The van der Waals surface area contributed by atoms with Crippen molar-refractivity contribution in [1.82, 2.24) is 5.32 Å². The molecule has 156 valence electrons. The number of hydrogen-bond donors (Lipinski definition) is 1. The second kappa shape index (κ2) is 8.97. The number of nitrogens with zero attached hydrogens (tertiary/aromatic N) is 3.